The van der Waals surface area contributed by atoms with Crippen LogP contribution in [-0.2, 0) is 16.1 Å². The molecule has 2 amide bonds. The van der Waals surface area contributed by atoms with Gasteiger partial charge < -0.3 is 20.2 Å². The summed E-state index contributed by atoms with van der Waals surface area (Å²) in [7, 11) is 0. The highest BCUT2D eigenvalue weighted by atomic mass is 35.5. The number of nitrogens with one attached hydrogen (secondary N) is 1. The quantitative estimate of drug-likeness (QED) is 0.773. The van der Waals surface area contributed by atoms with Gasteiger partial charge in [-0.15, -0.1) is 0 Å². The van der Waals surface area contributed by atoms with E-state index in [1.807, 2.05) is 23.1 Å². The van der Waals surface area contributed by atoms with Crippen LogP contribution >= 0.6 is 11.6 Å². The molecule has 1 saturated carbocycles. The van der Waals surface area contributed by atoms with Crippen LogP contribution in [0.5, 0.6) is 0 Å². The first kappa shape index (κ1) is 20.1. The second kappa shape index (κ2) is 9.04. The predicted octanol–water partition coefficient (Wildman–Crippen LogP) is 1.80. The van der Waals surface area contributed by atoms with Gasteiger partial charge >= 0.3 is 0 Å². The second-order valence-electron chi connectivity index (χ2n) is 7.48. The third-order valence-electron chi connectivity index (χ3n) is 5.44. The van der Waals surface area contributed by atoms with Gasteiger partial charge in [-0.2, -0.15) is 0 Å². The van der Waals surface area contributed by atoms with Crippen LogP contribution in [0.2, 0.25) is 5.02 Å². The molecule has 1 aliphatic heterocycles. The minimum Gasteiger partial charge on any atom is -0.380 e. The molecule has 7 heteroatoms. The molecule has 0 radical (unpaired) electrons. The Morgan fingerprint density at radius 1 is 1.22 bits per heavy atom. The SMILES string of the molecule is O=C(CCN(Cc1cccc(Cl)c1)C(=O)C1(O)CCCC1)N1CCNCC1. The van der Waals surface area contributed by atoms with Crippen LogP contribution in [0.3, 0.4) is 0 Å². The predicted molar refractivity (Wildman–Crippen MR) is 104 cm³/mol. The van der Waals surface area contributed by atoms with Crippen molar-refractivity contribution < 1.29 is 14.7 Å². The largest absolute Gasteiger partial charge is 0.380 e. The van der Waals surface area contributed by atoms with Crippen LogP contribution in [0.1, 0.15) is 37.7 Å². The van der Waals surface area contributed by atoms with Crippen molar-refractivity contribution >= 4 is 23.4 Å². The molecule has 0 bridgehead atoms. The monoisotopic (exact) mass is 393 g/mol. The van der Waals surface area contributed by atoms with Crippen molar-refractivity contribution in [3.63, 3.8) is 0 Å². The van der Waals surface area contributed by atoms with Crippen LogP contribution in [-0.4, -0.2) is 65.0 Å². The number of hydrogen-bond acceptors (Lipinski definition) is 4. The van der Waals surface area contributed by atoms with E-state index in [9.17, 15) is 14.7 Å². The van der Waals surface area contributed by atoms with Crippen molar-refractivity contribution in [2.75, 3.05) is 32.7 Å². The van der Waals surface area contributed by atoms with E-state index in [2.05, 4.69) is 5.32 Å². The first-order valence-electron chi connectivity index (χ1n) is 9.73. The fraction of sp³-hybridized carbons (Fsp3) is 0.600. The Labute approximate surface area is 165 Å². The molecule has 1 heterocycles. The molecule has 0 unspecified atom stereocenters. The van der Waals surface area contributed by atoms with Crippen molar-refractivity contribution in [2.24, 2.45) is 0 Å². The molecule has 0 aromatic heterocycles. The number of carbonyl (C=O) groups excluding carboxylic acids is 2. The Morgan fingerprint density at radius 3 is 2.59 bits per heavy atom. The lowest BCUT2D eigenvalue weighted by Crippen LogP contribution is -2.49. The van der Waals surface area contributed by atoms with Gasteiger partial charge in [0.2, 0.25) is 5.91 Å². The summed E-state index contributed by atoms with van der Waals surface area (Å²) in [5.41, 5.74) is -0.400. The first-order chi connectivity index (χ1) is 13.0. The molecule has 1 aromatic carbocycles. The summed E-state index contributed by atoms with van der Waals surface area (Å²) < 4.78 is 0. The molecule has 3 rings (SSSR count). The van der Waals surface area contributed by atoms with Crippen molar-refractivity contribution in [2.45, 2.75) is 44.2 Å². The number of amides is 2. The van der Waals surface area contributed by atoms with Gasteiger partial charge in [-0.1, -0.05) is 23.7 Å². The summed E-state index contributed by atoms with van der Waals surface area (Å²) in [5, 5.41) is 14.6. The van der Waals surface area contributed by atoms with Crippen molar-refractivity contribution in [1.29, 1.82) is 0 Å². The van der Waals surface area contributed by atoms with Crippen LogP contribution in [0.4, 0.5) is 0 Å². The van der Waals surface area contributed by atoms with Crippen LogP contribution in [0.25, 0.3) is 0 Å². The standard InChI is InChI=1S/C20H28ClN3O3/c21-17-5-3-4-16(14-17)15-24(19(26)20(27)7-1-2-8-20)11-6-18(25)23-12-9-22-10-13-23/h3-5,14,22,27H,1-2,6-13,15H2. The lowest BCUT2D eigenvalue weighted by molar-refractivity contribution is -0.152. The Kier molecular flexibility index (Phi) is 6.73. The van der Waals surface area contributed by atoms with E-state index in [1.165, 1.54) is 0 Å². The Morgan fingerprint density at radius 2 is 1.93 bits per heavy atom. The number of piperazine rings is 1. The third kappa shape index (κ3) is 5.21. The Bertz CT molecular complexity index is 670. The van der Waals surface area contributed by atoms with E-state index in [4.69, 9.17) is 11.6 Å². The number of aliphatic hydroxyl groups is 1. The topological polar surface area (TPSA) is 72.9 Å². The number of benzene rings is 1. The number of rotatable bonds is 6. The average Bonchev–Trinajstić information content (AvgIpc) is 3.13. The third-order valence-corrected chi connectivity index (χ3v) is 5.68. The van der Waals surface area contributed by atoms with Gasteiger partial charge in [0.1, 0.15) is 5.60 Å². The highest BCUT2D eigenvalue weighted by Crippen LogP contribution is 2.32. The Hall–Kier alpha value is -1.63. The second-order valence-corrected chi connectivity index (χ2v) is 7.91. The fourth-order valence-electron chi connectivity index (χ4n) is 3.88. The average molecular weight is 394 g/mol. The van der Waals surface area contributed by atoms with Crippen LogP contribution in [0, 0.1) is 0 Å². The lowest BCUT2D eigenvalue weighted by atomic mass is 10.00. The molecule has 27 heavy (non-hydrogen) atoms. The minimum absolute atomic E-state index is 0.0544. The summed E-state index contributed by atoms with van der Waals surface area (Å²) in [6, 6.07) is 7.35. The van der Waals surface area contributed by atoms with E-state index in [1.54, 1.807) is 11.0 Å². The molecule has 2 fully saturated rings. The van der Waals surface area contributed by atoms with E-state index in [-0.39, 0.29) is 18.2 Å². The molecule has 0 spiro atoms. The van der Waals surface area contributed by atoms with Crippen molar-refractivity contribution in [1.82, 2.24) is 15.1 Å². The summed E-state index contributed by atoms with van der Waals surface area (Å²) in [6.45, 7) is 3.65. The highest BCUT2D eigenvalue weighted by molar-refractivity contribution is 6.30. The van der Waals surface area contributed by atoms with Gasteiger partial charge in [-0.25, -0.2) is 0 Å². The van der Waals surface area contributed by atoms with Gasteiger partial charge in [-0.3, -0.25) is 9.59 Å². The zero-order valence-corrected chi connectivity index (χ0v) is 16.4. The maximum absolute atomic E-state index is 13.1. The first-order valence-corrected chi connectivity index (χ1v) is 10.1. The van der Waals surface area contributed by atoms with E-state index >= 15 is 0 Å². The summed E-state index contributed by atoms with van der Waals surface area (Å²) in [5.74, 6) is -0.216. The minimum atomic E-state index is -1.29. The molecule has 1 aliphatic carbocycles. The fourth-order valence-corrected chi connectivity index (χ4v) is 4.09. The van der Waals surface area contributed by atoms with Gasteiger partial charge in [0.05, 0.1) is 0 Å². The lowest BCUT2D eigenvalue weighted by Gasteiger charge is -2.32. The van der Waals surface area contributed by atoms with Gasteiger partial charge in [0.15, 0.2) is 0 Å². The van der Waals surface area contributed by atoms with Crippen LogP contribution in [0.15, 0.2) is 24.3 Å². The zero-order chi connectivity index (χ0) is 19.3. The maximum Gasteiger partial charge on any atom is 0.254 e. The number of hydrogen-bond donors (Lipinski definition) is 2. The highest BCUT2D eigenvalue weighted by Gasteiger charge is 2.41. The van der Waals surface area contributed by atoms with E-state index in [0.29, 0.717) is 44.0 Å². The van der Waals surface area contributed by atoms with Crippen molar-refractivity contribution in [3.05, 3.63) is 34.9 Å². The Balaban J connectivity index is 1.68. The normalized spacial score (nSPS) is 19.1. The van der Waals surface area contributed by atoms with E-state index in [0.717, 1.165) is 31.5 Å². The van der Waals surface area contributed by atoms with Gasteiger partial charge in [0.25, 0.3) is 5.91 Å². The summed E-state index contributed by atoms with van der Waals surface area (Å²) >= 11 is 6.07. The number of carbonyl (C=O) groups is 2. The smallest absolute Gasteiger partial charge is 0.254 e. The summed E-state index contributed by atoms with van der Waals surface area (Å²) in [6.07, 6.45) is 2.95. The van der Waals surface area contributed by atoms with Crippen molar-refractivity contribution in [3.8, 4) is 0 Å². The molecule has 1 saturated heterocycles. The molecule has 148 valence electrons. The maximum atomic E-state index is 13.1. The molecule has 1 aromatic rings. The summed E-state index contributed by atoms with van der Waals surface area (Å²) in [4.78, 5) is 29.0. The van der Waals surface area contributed by atoms with E-state index < -0.39 is 5.60 Å². The molecular formula is C20H28ClN3O3. The van der Waals surface area contributed by atoms with Gasteiger partial charge in [-0.05, 0) is 43.4 Å². The van der Waals surface area contributed by atoms with Crippen LogP contribution < -0.4 is 5.32 Å². The number of nitrogens with zero attached hydrogens (tertiary/aromatic N) is 2. The zero-order valence-electron chi connectivity index (χ0n) is 15.6. The molecule has 2 aliphatic rings. The molecular weight excluding hydrogens is 366 g/mol. The molecule has 6 nitrogen and oxygen atoms in total. The number of halogens is 1. The van der Waals surface area contributed by atoms with Gasteiger partial charge in [0, 0.05) is 50.7 Å². The molecule has 2 N–H and O–H groups in total. The molecule has 0 atom stereocenters.